The molecule has 0 aliphatic rings. The van der Waals surface area contributed by atoms with Gasteiger partial charge in [0, 0.05) is 12.8 Å². The van der Waals surface area contributed by atoms with Crippen LogP contribution in [-0.2, 0) is 19.1 Å². The average Bonchev–Trinajstić information content (AvgIpc) is 3.12. The summed E-state index contributed by atoms with van der Waals surface area (Å²) < 4.78 is 10.9. The Kier molecular flexibility index (Phi) is 43.2. The van der Waals surface area contributed by atoms with Crippen LogP contribution >= 0.6 is 0 Å². The van der Waals surface area contributed by atoms with Crippen molar-refractivity contribution in [3.63, 3.8) is 0 Å². The molecule has 0 aromatic rings. The fourth-order valence-corrected chi connectivity index (χ4v) is 7.06. The molecule has 0 heterocycles. The molecule has 0 aromatic heterocycles. The van der Waals surface area contributed by atoms with Gasteiger partial charge in [0.25, 0.3) is 0 Å². The minimum Gasteiger partial charge on any atom is -0.466 e. The molecule has 0 aliphatic carbocycles. The van der Waals surface area contributed by atoms with E-state index in [1.807, 2.05) is 0 Å². The molecule has 0 unspecified atom stereocenters. The zero-order chi connectivity index (χ0) is 36.3. The number of unbranched alkanes of at least 4 members (excludes halogenated alkanes) is 35. The zero-order valence-corrected chi connectivity index (χ0v) is 34.3. The van der Waals surface area contributed by atoms with Gasteiger partial charge in [-0.2, -0.15) is 0 Å². The van der Waals surface area contributed by atoms with Crippen LogP contribution in [0, 0.1) is 0 Å². The Labute approximate surface area is 314 Å². The maximum atomic E-state index is 12.0. The summed E-state index contributed by atoms with van der Waals surface area (Å²) in [6.07, 6.45) is 50.7. The lowest BCUT2D eigenvalue weighted by molar-refractivity contribution is -0.144. The maximum absolute atomic E-state index is 12.0. The third-order valence-electron chi connectivity index (χ3n) is 10.5. The summed E-state index contributed by atoms with van der Waals surface area (Å²) in [6, 6.07) is 0. The van der Waals surface area contributed by atoms with Gasteiger partial charge in [-0.3, -0.25) is 9.59 Å². The molecule has 0 radical (unpaired) electrons. The fourth-order valence-electron chi connectivity index (χ4n) is 7.06. The third-order valence-corrected chi connectivity index (χ3v) is 10.5. The Balaban J connectivity index is 3.20. The molecule has 0 aromatic carbocycles. The number of hydrogen-bond acceptors (Lipinski definition) is 4. The minimum absolute atomic E-state index is 0.0130. The monoisotopic (exact) mass is 707 g/mol. The van der Waals surface area contributed by atoms with Crippen molar-refractivity contribution in [1.29, 1.82) is 0 Å². The van der Waals surface area contributed by atoms with Crippen molar-refractivity contribution in [2.75, 3.05) is 13.2 Å². The van der Waals surface area contributed by atoms with Crippen LogP contribution in [0.25, 0.3) is 0 Å². The second-order valence-electron chi connectivity index (χ2n) is 15.7. The van der Waals surface area contributed by atoms with Crippen molar-refractivity contribution >= 4 is 11.9 Å². The average molecular weight is 707 g/mol. The Morgan fingerprint density at radius 2 is 0.440 bits per heavy atom. The predicted octanol–water partition coefficient (Wildman–Crippen LogP) is 15.7. The molecule has 4 heteroatoms. The molecular weight excluding hydrogens is 617 g/mol. The number of rotatable bonds is 43. The lowest BCUT2D eigenvalue weighted by Crippen LogP contribution is -2.05. The van der Waals surface area contributed by atoms with Crippen molar-refractivity contribution in [3.05, 3.63) is 0 Å². The highest BCUT2D eigenvalue weighted by Crippen LogP contribution is 2.16. The summed E-state index contributed by atoms with van der Waals surface area (Å²) in [7, 11) is 0. The van der Waals surface area contributed by atoms with Gasteiger partial charge in [0.05, 0.1) is 13.2 Å². The minimum atomic E-state index is 0.0130. The molecule has 0 atom stereocenters. The number of esters is 2. The van der Waals surface area contributed by atoms with Gasteiger partial charge < -0.3 is 9.47 Å². The largest absolute Gasteiger partial charge is 0.466 e. The quantitative estimate of drug-likeness (QED) is 0.0468. The Hall–Kier alpha value is -1.06. The van der Waals surface area contributed by atoms with Crippen molar-refractivity contribution in [1.82, 2.24) is 0 Å². The zero-order valence-electron chi connectivity index (χ0n) is 34.3. The molecule has 298 valence electrons. The molecule has 0 saturated carbocycles. The first kappa shape index (κ1) is 48.9. The van der Waals surface area contributed by atoms with Crippen LogP contribution in [0.15, 0.2) is 0 Å². The summed E-state index contributed by atoms with van der Waals surface area (Å²) in [6.45, 7) is 5.79. The first-order valence-corrected chi connectivity index (χ1v) is 23.0. The van der Waals surface area contributed by atoms with Crippen LogP contribution in [-0.4, -0.2) is 25.2 Å². The Bertz CT molecular complexity index is 607. The number of carbonyl (C=O) groups excluding carboxylic acids is 2. The van der Waals surface area contributed by atoms with E-state index in [4.69, 9.17) is 9.47 Å². The molecule has 0 spiro atoms. The highest BCUT2D eigenvalue weighted by Gasteiger charge is 2.04. The van der Waals surface area contributed by atoms with Crippen molar-refractivity contribution < 1.29 is 19.1 Å². The second kappa shape index (κ2) is 44.1. The molecule has 0 aliphatic heterocycles. The highest BCUT2D eigenvalue weighted by atomic mass is 16.5. The number of ether oxygens (including phenoxy) is 2. The van der Waals surface area contributed by atoms with E-state index in [1.54, 1.807) is 0 Å². The summed E-state index contributed by atoms with van der Waals surface area (Å²) in [5, 5.41) is 0. The lowest BCUT2D eigenvalue weighted by Gasteiger charge is -2.06. The van der Waals surface area contributed by atoms with Crippen molar-refractivity contribution in [2.24, 2.45) is 0 Å². The van der Waals surface area contributed by atoms with Gasteiger partial charge in [-0.1, -0.05) is 232 Å². The van der Waals surface area contributed by atoms with E-state index in [9.17, 15) is 9.59 Å². The highest BCUT2D eigenvalue weighted by molar-refractivity contribution is 5.69. The topological polar surface area (TPSA) is 52.6 Å². The smallest absolute Gasteiger partial charge is 0.305 e. The van der Waals surface area contributed by atoms with Crippen LogP contribution in [0.4, 0.5) is 0 Å². The van der Waals surface area contributed by atoms with Gasteiger partial charge in [-0.25, -0.2) is 0 Å². The van der Waals surface area contributed by atoms with Gasteiger partial charge in [0.2, 0.25) is 0 Å². The first-order valence-electron chi connectivity index (χ1n) is 23.0. The fraction of sp³-hybridized carbons (Fsp3) is 0.957. The van der Waals surface area contributed by atoms with Gasteiger partial charge in [-0.15, -0.1) is 0 Å². The van der Waals surface area contributed by atoms with Crippen LogP contribution < -0.4 is 0 Å². The van der Waals surface area contributed by atoms with Crippen LogP contribution in [0.1, 0.15) is 271 Å². The van der Waals surface area contributed by atoms with E-state index < -0.39 is 0 Å². The molecule has 0 bridgehead atoms. The SMILES string of the molecule is CCCCCCCCCCCCCOC(=O)CCCCCCCCCCCCCCCCCCC(=O)OCCCCCCCCCCCCC. The third kappa shape index (κ3) is 43.1. The predicted molar refractivity (Wildman–Crippen MR) is 218 cm³/mol. The summed E-state index contributed by atoms with van der Waals surface area (Å²) in [4.78, 5) is 23.9. The summed E-state index contributed by atoms with van der Waals surface area (Å²) in [5.74, 6) is 0.0261. The summed E-state index contributed by atoms with van der Waals surface area (Å²) >= 11 is 0. The normalized spacial score (nSPS) is 11.3. The molecule has 0 saturated heterocycles. The van der Waals surface area contributed by atoms with Gasteiger partial charge in [-0.05, 0) is 25.7 Å². The van der Waals surface area contributed by atoms with Crippen molar-refractivity contribution in [2.45, 2.75) is 271 Å². The van der Waals surface area contributed by atoms with Crippen LogP contribution in [0.3, 0.4) is 0 Å². The standard InChI is InChI=1S/C46H90O4/c1-3-5-7-9-11-13-23-27-31-35-39-43-49-45(47)41-37-33-29-25-21-19-17-15-16-18-20-22-26-30-34-38-42-46(48)50-44-40-36-32-28-24-14-12-10-8-6-4-2/h3-44H2,1-2H3. The Morgan fingerprint density at radius 1 is 0.260 bits per heavy atom. The van der Waals surface area contributed by atoms with Crippen molar-refractivity contribution in [3.8, 4) is 0 Å². The molecular formula is C46H90O4. The number of hydrogen-bond donors (Lipinski definition) is 0. The molecule has 50 heavy (non-hydrogen) atoms. The van der Waals surface area contributed by atoms with E-state index in [1.165, 1.54) is 205 Å². The van der Waals surface area contributed by atoms with Gasteiger partial charge in [0.1, 0.15) is 0 Å². The van der Waals surface area contributed by atoms with E-state index in [0.717, 1.165) is 38.5 Å². The van der Waals surface area contributed by atoms with E-state index >= 15 is 0 Å². The van der Waals surface area contributed by atoms with Crippen LogP contribution in [0.2, 0.25) is 0 Å². The first-order chi connectivity index (χ1) is 24.7. The number of carbonyl (C=O) groups is 2. The molecule has 0 fully saturated rings. The molecule has 0 N–H and O–H groups in total. The maximum Gasteiger partial charge on any atom is 0.305 e. The van der Waals surface area contributed by atoms with Gasteiger partial charge in [0.15, 0.2) is 0 Å². The van der Waals surface area contributed by atoms with E-state index in [-0.39, 0.29) is 11.9 Å². The van der Waals surface area contributed by atoms with Gasteiger partial charge >= 0.3 is 11.9 Å². The van der Waals surface area contributed by atoms with E-state index in [0.29, 0.717) is 26.1 Å². The second-order valence-corrected chi connectivity index (χ2v) is 15.7. The Morgan fingerprint density at radius 3 is 0.660 bits per heavy atom. The molecule has 0 amide bonds. The summed E-state index contributed by atoms with van der Waals surface area (Å²) in [5.41, 5.74) is 0. The van der Waals surface area contributed by atoms with Crippen LogP contribution in [0.5, 0.6) is 0 Å². The van der Waals surface area contributed by atoms with E-state index in [2.05, 4.69) is 13.8 Å². The molecule has 0 rings (SSSR count). The molecule has 4 nitrogen and oxygen atoms in total. The lowest BCUT2D eigenvalue weighted by atomic mass is 10.0.